The quantitative estimate of drug-likeness (QED) is 0.670. The summed E-state index contributed by atoms with van der Waals surface area (Å²) in [6.07, 6.45) is 9.14. The Morgan fingerprint density at radius 1 is 0.750 bits per heavy atom. The van der Waals surface area contributed by atoms with E-state index in [1.54, 1.807) is 0 Å². The average molecular weight is 256 g/mol. The molecule has 0 amide bonds. The first-order valence-corrected chi connectivity index (χ1v) is 7.17. The highest BCUT2D eigenvalue weighted by Crippen LogP contribution is 2.39. The number of fused-ring (bicyclic) bond motifs is 3. The van der Waals surface area contributed by atoms with Crippen molar-refractivity contribution in [3.05, 3.63) is 95.1 Å². The van der Waals surface area contributed by atoms with Crippen LogP contribution in [0.15, 0.2) is 78.4 Å². The molecule has 0 fully saturated rings. The van der Waals surface area contributed by atoms with Gasteiger partial charge in [0.05, 0.1) is 0 Å². The van der Waals surface area contributed by atoms with Crippen molar-refractivity contribution in [3.63, 3.8) is 0 Å². The summed E-state index contributed by atoms with van der Waals surface area (Å²) in [4.78, 5) is 0. The molecule has 2 aliphatic rings. The van der Waals surface area contributed by atoms with E-state index in [0.717, 1.165) is 12.8 Å². The van der Waals surface area contributed by atoms with Gasteiger partial charge in [0.15, 0.2) is 0 Å². The highest BCUT2D eigenvalue weighted by Gasteiger charge is 2.21. The van der Waals surface area contributed by atoms with Crippen molar-refractivity contribution < 1.29 is 0 Å². The Bertz CT molecular complexity index is 743. The molecule has 2 aromatic carbocycles. The minimum Gasteiger partial charge on any atom is -0.0728 e. The molecule has 0 bridgehead atoms. The molecule has 0 atom stereocenters. The van der Waals surface area contributed by atoms with E-state index in [0.29, 0.717) is 0 Å². The van der Waals surface area contributed by atoms with Gasteiger partial charge in [-0.1, -0.05) is 72.8 Å². The van der Waals surface area contributed by atoms with Crippen LogP contribution < -0.4 is 0 Å². The zero-order valence-electron chi connectivity index (χ0n) is 11.3. The van der Waals surface area contributed by atoms with Crippen molar-refractivity contribution in [3.8, 4) is 0 Å². The third-order valence-electron chi connectivity index (χ3n) is 4.13. The molecule has 0 heterocycles. The lowest BCUT2D eigenvalue weighted by atomic mass is 10.0. The molecule has 0 aliphatic heterocycles. The van der Waals surface area contributed by atoms with Gasteiger partial charge in [-0.3, -0.25) is 0 Å². The Morgan fingerprint density at radius 2 is 1.55 bits per heavy atom. The van der Waals surface area contributed by atoms with Gasteiger partial charge in [0.2, 0.25) is 0 Å². The number of hydrogen-bond donors (Lipinski definition) is 0. The number of rotatable bonds is 1. The predicted octanol–water partition coefficient (Wildman–Crippen LogP) is 5.04. The van der Waals surface area contributed by atoms with Crippen molar-refractivity contribution >= 4 is 11.1 Å². The van der Waals surface area contributed by atoms with Gasteiger partial charge in [-0.15, -0.1) is 0 Å². The Morgan fingerprint density at radius 3 is 2.45 bits per heavy atom. The normalized spacial score (nSPS) is 16.5. The van der Waals surface area contributed by atoms with Gasteiger partial charge in [0.25, 0.3) is 0 Å². The lowest BCUT2D eigenvalue weighted by Crippen LogP contribution is -1.84. The largest absolute Gasteiger partial charge is 0.0728 e. The molecule has 0 radical (unpaired) electrons. The molecule has 2 aliphatic carbocycles. The Kier molecular flexibility index (Phi) is 2.67. The molecule has 2 aromatic rings. The molecule has 0 nitrogen and oxygen atoms in total. The molecular weight excluding hydrogens is 240 g/mol. The maximum absolute atomic E-state index is 2.37. The summed E-state index contributed by atoms with van der Waals surface area (Å²) in [5, 5.41) is 0. The zero-order chi connectivity index (χ0) is 13.4. The van der Waals surface area contributed by atoms with Crippen LogP contribution in [-0.4, -0.2) is 0 Å². The van der Waals surface area contributed by atoms with Crippen LogP contribution in [0.5, 0.6) is 0 Å². The van der Waals surface area contributed by atoms with Crippen LogP contribution in [0.3, 0.4) is 0 Å². The first-order valence-electron chi connectivity index (χ1n) is 7.17. The fourth-order valence-corrected chi connectivity index (χ4v) is 3.16. The van der Waals surface area contributed by atoms with Crippen molar-refractivity contribution in [2.24, 2.45) is 0 Å². The Balaban J connectivity index is 1.78. The molecule has 0 N–H and O–H groups in total. The van der Waals surface area contributed by atoms with Crippen LogP contribution in [0.1, 0.15) is 23.1 Å². The maximum atomic E-state index is 2.37. The van der Waals surface area contributed by atoms with Crippen LogP contribution in [0.2, 0.25) is 0 Å². The van der Waals surface area contributed by atoms with Crippen LogP contribution in [-0.2, 0) is 6.42 Å². The number of hydrogen-bond acceptors (Lipinski definition) is 0. The lowest BCUT2D eigenvalue weighted by Gasteiger charge is -2.03. The van der Waals surface area contributed by atoms with Crippen LogP contribution in [0, 0.1) is 0 Å². The van der Waals surface area contributed by atoms with Gasteiger partial charge in [-0.05, 0) is 46.3 Å². The smallest absolute Gasteiger partial charge is 0.00134 e. The molecule has 0 heteroatoms. The third-order valence-corrected chi connectivity index (χ3v) is 4.13. The van der Waals surface area contributed by atoms with E-state index in [2.05, 4.69) is 72.8 Å². The van der Waals surface area contributed by atoms with E-state index >= 15 is 0 Å². The molecule has 0 saturated carbocycles. The summed E-state index contributed by atoms with van der Waals surface area (Å²) in [6, 6.07) is 19.4. The topological polar surface area (TPSA) is 0 Å². The average Bonchev–Trinajstić information content (AvgIpc) is 2.71. The highest BCUT2D eigenvalue weighted by molar-refractivity contribution is 5.91. The number of allylic oxidation sites excluding steroid dienone is 6. The molecule has 20 heavy (non-hydrogen) atoms. The second-order valence-electron chi connectivity index (χ2n) is 5.38. The molecule has 0 unspecified atom stereocenters. The fraction of sp³-hybridized carbons (Fsp3) is 0.100. The zero-order valence-corrected chi connectivity index (χ0v) is 11.3. The summed E-state index contributed by atoms with van der Waals surface area (Å²) < 4.78 is 0. The van der Waals surface area contributed by atoms with Crippen LogP contribution in [0.4, 0.5) is 0 Å². The monoisotopic (exact) mass is 256 g/mol. The van der Waals surface area contributed by atoms with E-state index in [4.69, 9.17) is 0 Å². The number of benzene rings is 2. The minimum atomic E-state index is 1.01. The van der Waals surface area contributed by atoms with Gasteiger partial charge < -0.3 is 0 Å². The predicted molar refractivity (Wildman–Crippen MR) is 85.2 cm³/mol. The molecule has 4 rings (SSSR count). The molecule has 0 saturated heterocycles. The van der Waals surface area contributed by atoms with Gasteiger partial charge in [0, 0.05) is 0 Å². The Hall–Kier alpha value is -2.34. The first kappa shape index (κ1) is 11.5. The molecular formula is C20H16. The minimum absolute atomic E-state index is 1.01. The summed E-state index contributed by atoms with van der Waals surface area (Å²) in [6.45, 7) is 0. The van der Waals surface area contributed by atoms with Crippen molar-refractivity contribution in [1.29, 1.82) is 0 Å². The van der Waals surface area contributed by atoms with E-state index in [1.807, 2.05) is 0 Å². The molecule has 96 valence electrons. The molecule has 0 aromatic heterocycles. The molecule has 0 spiro atoms. The van der Waals surface area contributed by atoms with Gasteiger partial charge >= 0.3 is 0 Å². The van der Waals surface area contributed by atoms with Gasteiger partial charge in [-0.25, -0.2) is 0 Å². The van der Waals surface area contributed by atoms with Crippen molar-refractivity contribution in [1.82, 2.24) is 0 Å². The SMILES string of the molecule is C1=C2Cc3ccccc3C2=CCC=C1c1ccccc1. The standard InChI is InChI=1S/C20H16/c1-2-7-15(8-3-1)16-10-6-12-20-18(13-16)14-17-9-4-5-11-19(17)20/h1-5,7-13H,6,14H2. The summed E-state index contributed by atoms with van der Waals surface area (Å²) in [5.41, 5.74) is 8.42. The second kappa shape index (κ2) is 4.64. The third kappa shape index (κ3) is 1.85. The van der Waals surface area contributed by atoms with Crippen LogP contribution >= 0.6 is 0 Å². The fourth-order valence-electron chi connectivity index (χ4n) is 3.16. The van der Waals surface area contributed by atoms with Crippen molar-refractivity contribution in [2.45, 2.75) is 12.8 Å². The van der Waals surface area contributed by atoms with E-state index in [1.165, 1.54) is 33.4 Å². The maximum Gasteiger partial charge on any atom is -0.00134 e. The van der Waals surface area contributed by atoms with E-state index in [9.17, 15) is 0 Å². The van der Waals surface area contributed by atoms with Crippen molar-refractivity contribution in [2.75, 3.05) is 0 Å². The summed E-state index contributed by atoms with van der Waals surface area (Å²) in [5.74, 6) is 0. The van der Waals surface area contributed by atoms with Gasteiger partial charge in [0.1, 0.15) is 0 Å². The Labute approximate surface area is 119 Å². The summed E-state index contributed by atoms with van der Waals surface area (Å²) in [7, 11) is 0. The van der Waals surface area contributed by atoms with Gasteiger partial charge in [-0.2, -0.15) is 0 Å². The summed E-state index contributed by atoms with van der Waals surface area (Å²) >= 11 is 0. The van der Waals surface area contributed by atoms with E-state index < -0.39 is 0 Å². The highest BCUT2D eigenvalue weighted by atomic mass is 14.3. The lowest BCUT2D eigenvalue weighted by molar-refractivity contribution is 1.27. The van der Waals surface area contributed by atoms with Crippen LogP contribution in [0.25, 0.3) is 11.1 Å². The first-order chi connectivity index (χ1) is 9.92. The second-order valence-corrected chi connectivity index (χ2v) is 5.38. The van der Waals surface area contributed by atoms with E-state index in [-0.39, 0.29) is 0 Å².